The number of nitrogens with one attached hydrogen (secondary N) is 2. The Bertz CT molecular complexity index is 308. The van der Waals surface area contributed by atoms with Crippen LogP contribution in [0.2, 0.25) is 0 Å². The van der Waals surface area contributed by atoms with Gasteiger partial charge in [-0.25, -0.2) is 4.39 Å². The van der Waals surface area contributed by atoms with Crippen LogP contribution in [0, 0.1) is 5.82 Å². The predicted molar refractivity (Wildman–Crippen MR) is 59.4 cm³/mol. The summed E-state index contributed by atoms with van der Waals surface area (Å²) in [6.45, 7) is 3.05. The van der Waals surface area contributed by atoms with E-state index in [1.165, 1.54) is 6.07 Å². The number of aryl methyl sites for hydroxylation is 1. The number of hydrogen-bond donors (Lipinski definition) is 2. The van der Waals surface area contributed by atoms with Gasteiger partial charge in [-0.2, -0.15) is 0 Å². The van der Waals surface area contributed by atoms with Crippen molar-refractivity contribution < 1.29 is 4.39 Å². The van der Waals surface area contributed by atoms with Crippen molar-refractivity contribution >= 4 is 0 Å². The Morgan fingerprint density at radius 3 is 2.87 bits per heavy atom. The first kappa shape index (κ1) is 10.6. The van der Waals surface area contributed by atoms with Gasteiger partial charge < -0.3 is 10.6 Å². The quantitative estimate of drug-likeness (QED) is 0.783. The molecular weight excluding hydrogens is 191 g/mol. The highest BCUT2D eigenvalue weighted by molar-refractivity contribution is 5.17. The van der Waals surface area contributed by atoms with Gasteiger partial charge in [0.2, 0.25) is 0 Å². The fraction of sp³-hybridized carbons (Fsp3) is 0.500. The zero-order chi connectivity index (χ0) is 10.5. The zero-order valence-electron chi connectivity index (χ0n) is 8.80. The first-order chi connectivity index (χ1) is 7.36. The molecule has 2 rings (SSSR count). The van der Waals surface area contributed by atoms with Crippen LogP contribution in [-0.2, 0) is 6.42 Å². The summed E-state index contributed by atoms with van der Waals surface area (Å²) in [5.74, 6) is -0.0822. The van der Waals surface area contributed by atoms with Gasteiger partial charge in [0.1, 0.15) is 5.82 Å². The Labute approximate surface area is 89.9 Å². The second-order valence-corrected chi connectivity index (χ2v) is 3.99. The molecule has 1 aromatic carbocycles. The van der Waals surface area contributed by atoms with E-state index in [1.807, 2.05) is 12.1 Å². The van der Waals surface area contributed by atoms with Gasteiger partial charge in [0.15, 0.2) is 0 Å². The highest BCUT2D eigenvalue weighted by Gasteiger charge is 2.12. The van der Waals surface area contributed by atoms with Crippen LogP contribution in [0.3, 0.4) is 0 Å². The average Bonchev–Trinajstić information content (AvgIpc) is 2.29. The van der Waals surface area contributed by atoms with Gasteiger partial charge in [-0.15, -0.1) is 0 Å². The fourth-order valence-corrected chi connectivity index (χ4v) is 1.95. The molecule has 2 nitrogen and oxygen atoms in total. The summed E-state index contributed by atoms with van der Waals surface area (Å²) in [6, 6.07) is 7.51. The van der Waals surface area contributed by atoms with Gasteiger partial charge in [-0.05, 0) is 24.5 Å². The van der Waals surface area contributed by atoms with E-state index in [0.717, 1.165) is 38.0 Å². The maximum absolute atomic E-state index is 13.3. The molecule has 3 heteroatoms. The summed E-state index contributed by atoms with van der Waals surface area (Å²) in [6.07, 6.45) is 1.81. The third-order valence-corrected chi connectivity index (χ3v) is 2.85. The Morgan fingerprint density at radius 2 is 2.13 bits per heavy atom. The van der Waals surface area contributed by atoms with Crippen LogP contribution in [0.5, 0.6) is 0 Å². The molecule has 1 aliphatic heterocycles. The van der Waals surface area contributed by atoms with E-state index in [-0.39, 0.29) is 5.82 Å². The minimum absolute atomic E-state index is 0.0822. The molecule has 2 N–H and O–H groups in total. The molecule has 1 aromatic rings. The molecule has 1 fully saturated rings. The second-order valence-electron chi connectivity index (χ2n) is 3.99. The van der Waals surface area contributed by atoms with E-state index < -0.39 is 0 Å². The van der Waals surface area contributed by atoms with Gasteiger partial charge in [0, 0.05) is 25.7 Å². The molecule has 0 aliphatic carbocycles. The van der Waals surface area contributed by atoms with Gasteiger partial charge in [-0.3, -0.25) is 0 Å². The van der Waals surface area contributed by atoms with Crippen molar-refractivity contribution in [1.29, 1.82) is 0 Å². The summed E-state index contributed by atoms with van der Waals surface area (Å²) in [7, 11) is 0. The van der Waals surface area contributed by atoms with Crippen molar-refractivity contribution in [1.82, 2.24) is 10.6 Å². The normalized spacial score (nSPS) is 21.5. The topological polar surface area (TPSA) is 24.1 Å². The second kappa shape index (κ2) is 5.24. The molecule has 1 atom stereocenters. The lowest BCUT2D eigenvalue weighted by Gasteiger charge is -2.24. The number of halogens is 1. The lowest BCUT2D eigenvalue weighted by Crippen LogP contribution is -2.48. The van der Waals surface area contributed by atoms with Crippen LogP contribution >= 0.6 is 0 Å². The molecule has 0 aromatic heterocycles. The molecule has 1 heterocycles. The molecule has 1 saturated heterocycles. The standard InChI is InChI=1S/C12H17FN2/c13-12-4-2-1-3-10(12)5-6-11-9-14-7-8-15-11/h1-4,11,14-15H,5-9H2. The van der Waals surface area contributed by atoms with Crippen molar-refractivity contribution in [3.05, 3.63) is 35.6 Å². The molecule has 15 heavy (non-hydrogen) atoms. The number of rotatable bonds is 3. The highest BCUT2D eigenvalue weighted by atomic mass is 19.1. The first-order valence-corrected chi connectivity index (χ1v) is 5.54. The van der Waals surface area contributed by atoms with Gasteiger partial charge in [-0.1, -0.05) is 18.2 Å². The molecule has 0 saturated carbocycles. The van der Waals surface area contributed by atoms with Gasteiger partial charge in [0.25, 0.3) is 0 Å². The molecule has 82 valence electrons. The fourth-order valence-electron chi connectivity index (χ4n) is 1.95. The molecule has 0 radical (unpaired) electrons. The average molecular weight is 208 g/mol. The minimum Gasteiger partial charge on any atom is -0.314 e. The summed E-state index contributed by atoms with van der Waals surface area (Å²) in [4.78, 5) is 0. The molecule has 0 spiro atoms. The van der Waals surface area contributed by atoms with E-state index in [9.17, 15) is 4.39 Å². The number of piperazine rings is 1. The van der Waals surface area contributed by atoms with E-state index >= 15 is 0 Å². The van der Waals surface area contributed by atoms with Crippen LogP contribution in [0.15, 0.2) is 24.3 Å². The van der Waals surface area contributed by atoms with Crippen LogP contribution in [0.1, 0.15) is 12.0 Å². The van der Waals surface area contributed by atoms with Crippen molar-refractivity contribution in [3.8, 4) is 0 Å². The summed E-state index contributed by atoms with van der Waals surface area (Å²) < 4.78 is 13.3. The predicted octanol–water partition coefficient (Wildman–Crippen LogP) is 1.32. The lowest BCUT2D eigenvalue weighted by molar-refractivity contribution is 0.398. The Morgan fingerprint density at radius 1 is 1.27 bits per heavy atom. The van der Waals surface area contributed by atoms with E-state index in [1.54, 1.807) is 6.07 Å². The molecule has 1 unspecified atom stereocenters. The zero-order valence-corrected chi connectivity index (χ0v) is 8.80. The van der Waals surface area contributed by atoms with E-state index in [0.29, 0.717) is 6.04 Å². The van der Waals surface area contributed by atoms with Crippen molar-refractivity contribution in [3.63, 3.8) is 0 Å². The Hall–Kier alpha value is -0.930. The number of benzene rings is 1. The minimum atomic E-state index is -0.0822. The molecular formula is C12H17FN2. The van der Waals surface area contributed by atoms with Crippen LogP contribution in [0.4, 0.5) is 4.39 Å². The third kappa shape index (κ3) is 3.01. The Balaban J connectivity index is 1.84. The van der Waals surface area contributed by atoms with Gasteiger partial charge in [0.05, 0.1) is 0 Å². The first-order valence-electron chi connectivity index (χ1n) is 5.54. The van der Waals surface area contributed by atoms with Gasteiger partial charge >= 0.3 is 0 Å². The summed E-state index contributed by atoms with van der Waals surface area (Å²) in [5.41, 5.74) is 0.824. The summed E-state index contributed by atoms with van der Waals surface area (Å²) >= 11 is 0. The SMILES string of the molecule is Fc1ccccc1CCC1CNCCN1. The third-order valence-electron chi connectivity index (χ3n) is 2.85. The van der Waals surface area contributed by atoms with Crippen LogP contribution in [-0.4, -0.2) is 25.7 Å². The lowest BCUT2D eigenvalue weighted by atomic mass is 10.0. The van der Waals surface area contributed by atoms with Crippen LogP contribution in [0.25, 0.3) is 0 Å². The maximum atomic E-state index is 13.3. The van der Waals surface area contributed by atoms with E-state index in [4.69, 9.17) is 0 Å². The molecule has 0 amide bonds. The summed E-state index contributed by atoms with van der Waals surface area (Å²) in [5, 5.41) is 6.75. The van der Waals surface area contributed by atoms with Crippen LogP contribution < -0.4 is 10.6 Å². The number of hydrogen-bond acceptors (Lipinski definition) is 2. The maximum Gasteiger partial charge on any atom is 0.126 e. The van der Waals surface area contributed by atoms with Crippen molar-refractivity contribution in [2.45, 2.75) is 18.9 Å². The molecule has 1 aliphatic rings. The Kier molecular flexibility index (Phi) is 3.69. The largest absolute Gasteiger partial charge is 0.314 e. The van der Waals surface area contributed by atoms with Crippen molar-refractivity contribution in [2.75, 3.05) is 19.6 Å². The molecule has 0 bridgehead atoms. The highest BCUT2D eigenvalue weighted by Crippen LogP contribution is 2.10. The van der Waals surface area contributed by atoms with E-state index in [2.05, 4.69) is 10.6 Å². The van der Waals surface area contributed by atoms with Crippen molar-refractivity contribution in [2.24, 2.45) is 0 Å². The smallest absolute Gasteiger partial charge is 0.126 e. The monoisotopic (exact) mass is 208 g/mol.